The van der Waals surface area contributed by atoms with Crippen LogP contribution in [-0.2, 0) is 0 Å². The molecule has 0 atom stereocenters. The smallest absolute Gasteiger partial charge is 0.232 e. The second kappa shape index (κ2) is 8.01. The molecule has 0 fully saturated rings. The Morgan fingerprint density at radius 3 is 2.83 bits per heavy atom. The highest BCUT2D eigenvalue weighted by Crippen LogP contribution is 2.22. The largest absolute Gasteiger partial charge is 0.496 e. The van der Waals surface area contributed by atoms with Gasteiger partial charge in [-0.05, 0) is 26.2 Å². The van der Waals surface area contributed by atoms with Gasteiger partial charge in [-0.2, -0.15) is 10.2 Å². The molecule has 6 nitrogen and oxygen atoms in total. The summed E-state index contributed by atoms with van der Waals surface area (Å²) >= 11 is 0. The van der Waals surface area contributed by atoms with Crippen molar-refractivity contribution < 1.29 is 9.15 Å². The molecule has 0 amide bonds. The standard InChI is InChI=1S/C17H20N4O2/c1-21(2)11-10-19-17-14(12-18)20-16(23-17)9-8-13-6-4-5-7-15(13)22-3/h4-9,19H,10-11H2,1-3H3. The Hall–Kier alpha value is -2.78. The first kappa shape index (κ1) is 16.6. The molecule has 0 saturated carbocycles. The van der Waals surface area contributed by atoms with Crippen LogP contribution in [0.3, 0.4) is 0 Å². The Kier molecular flexibility index (Phi) is 5.78. The van der Waals surface area contributed by atoms with Gasteiger partial charge in [0.15, 0.2) is 0 Å². The molecule has 1 aromatic heterocycles. The molecule has 1 N–H and O–H groups in total. The molecule has 6 heteroatoms. The minimum absolute atomic E-state index is 0.253. The van der Waals surface area contributed by atoms with E-state index in [1.54, 1.807) is 13.2 Å². The molecular formula is C17H20N4O2. The fraction of sp³-hybridized carbons (Fsp3) is 0.294. The Morgan fingerprint density at radius 2 is 2.13 bits per heavy atom. The highest BCUT2D eigenvalue weighted by Gasteiger charge is 2.11. The molecule has 1 aromatic carbocycles. The number of hydrogen-bond donors (Lipinski definition) is 1. The third-order valence-electron chi connectivity index (χ3n) is 3.14. The number of ether oxygens (including phenoxy) is 1. The van der Waals surface area contributed by atoms with Gasteiger partial charge in [0.2, 0.25) is 17.5 Å². The van der Waals surface area contributed by atoms with E-state index in [4.69, 9.17) is 14.4 Å². The third kappa shape index (κ3) is 4.59. The van der Waals surface area contributed by atoms with Gasteiger partial charge >= 0.3 is 0 Å². The summed E-state index contributed by atoms with van der Waals surface area (Å²) in [5, 5.41) is 12.2. The van der Waals surface area contributed by atoms with Gasteiger partial charge < -0.3 is 19.4 Å². The molecule has 0 radical (unpaired) electrons. The predicted octanol–water partition coefficient (Wildman–Crippen LogP) is 2.70. The number of para-hydroxylation sites is 1. The number of anilines is 1. The second-order valence-electron chi connectivity index (χ2n) is 5.15. The maximum Gasteiger partial charge on any atom is 0.232 e. The Bertz CT molecular complexity index is 714. The molecule has 0 unspecified atom stereocenters. The van der Waals surface area contributed by atoms with Gasteiger partial charge in [0.1, 0.15) is 11.8 Å². The Labute approximate surface area is 136 Å². The first-order valence-corrected chi connectivity index (χ1v) is 7.24. The van der Waals surface area contributed by atoms with Crippen molar-refractivity contribution in [3.8, 4) is 11.8 Å². The predicted molar refractivity (Wildman–Crippen MR) is 90.2 cm³/mol. The average Bonchev–Trinajstić information content (AvgIpc) is 2.95. The van der Waals surface area contributed by atoms with E-state index in [1.807, 2.05) is 55.4 Å². The van der Waals surface area contributed by atoms with Crippen LogP contribution in [0, 0.1) is 11.3 Å². The highest BCUT2D eigenvalue weighted by atomic mass is 16.5. The molecule has 1 heterocycles. The molecular weight excluding hydrogens is 292 g/mol. The minimum atomic E-state index is 0.253. The average molecular weight is 312 g/mol. The topological polar surface area (TPSA) is 74.3 Å². The zero-order valence-electron chi connectivity index (χ0n) is 13.5. The van der Waals surface area contributed by atoms with E-state index >= 15 is 0 Å². The number of nitrogens with one attached hydrogen (secondary N) is 1. The van der Waals surface area contributed by atoms with E-state index in [2.05, 4.69) is 10.3 Å². The van der Waals surface area contributed by atoms with E-state index in [0.29, 0.717) is 18.3 Å². The summed E-state index contributed by atoms with van der Waals surface area (Å²) in [5.74, 6) is 1.54. The summed E-state index contributed by atoms with van der Waals surface area (Å²) < 4.78 is 10.9. The van der Waals surface area contributed by atoms with Crippen LogP contribution in [0.25, 0.3) is 12.2 Å². The lowest BCUT2D eigenvalue weighted by Crippen LogP contribution is -2.20. The summed E-state index contributed by atoms with van der Waals surface area (Å²) in [7, 11) is 5.59. The lowest BCUT2D eigenvalue weighted by atomic mass is 10.2. The normalized spacial score (nSPS) is 10.9. The van der Waals surface area contributed by atoms with Gasteiger partial charge in [0.05, 0.1) is 7.11 Å². The molecule has 0 spiro atoms. The van der Waals surface area contributed by atoms with Gasteiger partial charge in [-0.15, -0.1) is 0 Å². The number of hydrogen-bond acceptors (Lipinski definition) is 6. The van der Waals surface area contributed by atoms with Crippen molar-refractivity contribution in [3.63, 3.8) is 0 Å². The van der Waals surface area contributed by atoms with Crippen LogP contribution in [0.4, 0.5) is 5.88 Å². The monoisotopic (exact) mass is 312 g/mol. The number of likely N-dealkylation sites (N-methyl/N-ethyl adjacent to an activating group) is 1. The second-order valence-corrected chi connectivity index (χ2v) is 5.15. The van der Waals surface area contributed by atoms with Crippen molar-refractivity contribution in [2.45, 2.75) is 0 Å². The summed E-state index contributed by atoms with van der Waals surface area (Å²) in [4.78, 5) is 6.21. The molecule has 120 valence electrons. The van der Waals surface area contributed by atoms with Crippen LogP contribution in [0.1, 0.15) is 17.1 Å². The lowest BCUT2D eigenvalue weighted by Gasteiger charge is -2.09. The number of oxazole rings is 1. The van der Waals surface area contributed by atoms with Gasteiger partial charge in [-0.25, -0.2) is 0 Å². The van der Waals surface area contributed by atoms with Gasteiger partial charge in [0, 0.05) is 24.7 Å². The maximum absolute atomic E-state index is 9.14. The molecule has 0 aliphatic carbocycles. The molecule has 23 heavy (non-hydrogen) atoms. The molecule has 0 aliphatic heterocycles. The maximum atomic E-state index is 9.14. The fourth-order valence-corrected chi connectivity index (χ4v) is 1.96. The molecule has 2 aromatic rings. The quantitative estimate of drug-likeness (QED) is 0.847. The molecule has 0 aliphatic rings. The zero-order valence-corrected chi connectivity index (χ0v) is 13.5. The van der Waals surface area contributed by atoms with Crippen LogP contribution in [0.15, 0.2) is 28.7 Å². The van der Waals surface area contributed by atoms with Gasteiger partial charge in [-0.3, -0.25) is 0 Å². The number of methoxy groups -OCH3 is 1. The number of rotatable bonds is 7. The van der Waals surface area contributed by atoms with Crippen LogP contribution in [-0.4, -0.2) is 44.2 Å². The first-order chi connectivity index (χ1) is 11.1. The SMILES string of the molecule is COc1ccccc1C=Cc1nc(C#N)c(NCCN(C)C)o1. The van der Waals surface area contributed by atoms with Crippen molar-refractivity contribution >= 4 is 18.0 Å². The summed E-state index contributed by atoms with van der Waals surface area (Å²) in [6.07, 6.45) is 3.56. The lowest BCUT2D eigenvalue weighted by molar-refractivity contribution is 0.414. The van der Waals surface area contributed by atoms with E-state index in [9.17, 15) is 0 Å². The van der Waals surface area contributed by atoms with E-state index in [0.717, 1.165) is 17.9 Å². The van der Waals surface area contributed by atoms with Crippen molar-refractivity contribution in [2.24, 2.45) is 0 Å². The van der Waals surface area contributed by atoms with E-state index < -0.39 is 0 Å². The third-order valence-corrected chi connectivity index (χ3v) is 3.14. The number of benzene rings is 1. The molecule has 0 saturated heterocycles. The Morgan fingerprint density at radius 1 is 1.35 bits per heavy atom. The van der Waals surface area contributed by atoms with Crippen LogP contribution in [0.5, 0.6) is 5.75 Å². The zero-order chi connectivity index (χ0) is 16.7. The van der Waals surface area contributed by atoms with Crippen molar-refractivity contribution in [3.05, 3.63) is 41.4 Å². The van der Waals surface area contributed by atoms with Crippen LogP contribution >= 0.6 is 0 Å². The number of nitriles is 1. The van der Waals surface area contributed by atoms with Gasteiger partial charge in [0.25, 0.3) is 0 Å². The van der Waals surface area contributed by atoms with Crippen LogP contribution in [0.2, 0.25) is 0 Å². The van der Waals surface area contributed by atoms with Crippen molar-refractivity contribution in [2.75, 3.05) is 39.6 Å². The first-order valence-electron chi connectivity index (χ1n) is 7.24. The van der Waals surface area contributed by atoms with Crippen molar-refractivity contribution in [1.82, 2.24) is 9.88 Å². The minimum Gasteiger partial charge on any atom is -0.496 e. The number of aromatic nitrogens is 1. The van der Waals surface area contributed by atoms with Crippen molar-refractivity contribution in [1.29, 1.82) is 5.26 Å². The summed E-state index contributed by atoms with van der Waals surface area (Å²) in [6, 6.07) is 9.67. The number of nitrogens with zero attached hydrogens (tertiary/aromatic N) is 3. The highest BCUT2D eigenvalue weighted by molar-refractivity contribution is 5.70. The van der Waals surface area contributed by atoms with Crippen LogP contribution < -0.4 is 10.1 Å². The van der Waals surface area contributed by atoms with E-state index in [1.165, 1.54) is 0 Å². The van der Waals surface area contributed by atoms with E-state index in [-0.39, 0.29) is 5.69 Å². The molecule has 2 rings (SSSR count). The fourth-order valence-electron chi connectivity index (χ4n) is 1.96. The Balaban J connectivity index is 2.13. The summed E-state index contributed by atoms with van der Waals surface area (Å²) in [5.41, 5.74) is 1.16. The van der Waals surface area contributed by atoms with Gasteiger partial charge in [-0.1, -0.05) is 18.2 Å². The summed E-state index contributed by atoms with van der Waals surface area (Å²) in [6.45, 7) is 1.50. The molecule has 0 bridgehead atoms.